The fraction of sp³-hybridized carbons (Fsp3) is 0.250. The first kappa shape index (κ1) is 14.2. The summed E-state index contributed by atoms with van der Waals surface area (Å²) >= 11 is 15.5. The maximum atomic E-state index is 6.04. The lowest BCUT2D eigenvalue weighted by Gasteiger charge is -2.37. The number of rotatable bonds is 3. The highest BCUT2D eigenvalue weighted by Crippen LogP contribution is 2.40. The first-order valence-corrected chi connectivity index (χ1v) is 8.14. The van der Waals surface area contributed by atoms with Crippen molar-refractivity contribution in [1.29, 1.82) is 0 Å². The quantitative estimate of drug-likeness (QED) is 0.686. The molecule has 0 amide bonds. The number of hydrogen-bond acceptors (Lipinski definition) is 1. The molecule has 1 aliphatic carbocycles. The van der Waals surface area contributed by atoms with Crippen molar-refractivity contribution in [3.63, 3.8) is 0 Å². The molecule has 0 spiro atoms. The van der Waals surface area contributed by atoms with Gasteiger partial charge in [-0.2, -0.15) is 0 Å². The van der Waals surface area contributed by atoms with Crippen LogP contribution < -0.4 is 5.32 Å². The molecule has 2 aromatic carbocycles. The lowest BCUT2D eigenvalue weighted by Crippen LogP contribution is -2.34. The first-order chi connectivity index (χ1) is 9.61. The summed E-state index contributed by atoms with van der Waals surface area (Å²) in [5, 5.41) is 5.11. The molecule has 1 nitrogen and oxygen atoms in total. The molecule has 0 saturated heterocycles. The zero-order chi connectivity index (χ0) is 14.1. The molecule has 0 atom stereocenters. The lowest BCUT2D eigenvalue weighted by molar-refractivity contribution is 0.374. The molecule has 1 N–H and O–H groups in total. The molecular formula is C16H14BrCl2N. The van der Waals surface area contributed by atoms with Gasteiger partial charge in [-0.25, -0.2) is 0 Å². The van der Waals surface area contributed by atoms with E-state index in [2.05, 4.69) is 33.4 Å². The molecule has 2 aromatic rings. The van der Waals surface area contributed by atoms with Crippen molar-refractivity contribution in [2.45, 2.75) is 24.8 Å². The van der Waals surface area contributed by atoms with Crippen LogP contribution in [0.3, 0.4) is 0 Å². The van der Waals surface area contributed by atoms with Crippen molar-refractivity contribution in [3.8, 4) is 0 Å². The van der Waals surface area contributed by atoms with Crippen LogP contribution in [0.2, 0.25) is 10.0 Å². The van der Waals surface area contributed by atoms with Gasteiger partial charge in [-0.05, 0) is 70.6 Å². The Kier molecular flexibility index (Phi) is 4.25. The van der Waals surface area contributed by atoms with E-state index in [0.29, 0.717) is 12.0 Å². The second-order valence-corrected chi connectivity index (χ2v) is 6.92. The van der Waals surface area contributed by atoms with Gasteiger partial charge in [-0.3, -0.25) is 0 Å². The molecule has 0 aliphatic heterocycles. The number of nitrogens with one attached hydrogen (secondary N) is 1. The zero-order valence-corrected chi connectivity index (χ0v) is 13.8. The van der Waals surface area contributed by atoms with Crippen molar-refractivity contribution in [2.24, 2.45) is 0 Å². The molecule has 104 valence electrons. The molecule has 3 rings (SSSR count). The summed E-state index contributed by atoms with van der Waals surface area (Å²) in [6.45, 7) is 0. The monoisotopic (exact) mass is 369 g/mol. The van der Waals surface area contributed by atoms with Crippen molar-refractivity contribution < 1.29 is 0 Å². The molecule has 1 aliphatic rings. The van der Waals surface area contributed by atoms with Gasteiger partial charge in [0.2, 0.25) is 0 Å². The van der Waals surface area contributed by atoms with Crippen molar-refractivity contribution in [3.05, 3.63) is 62.5 Å². The van der Waals surface area contributed by atoms with Crippen LogP contribution in [-0.2, 0) is 0 Å². The second-order valence-electron chi connectivity index (χ2n) is 5.19. The van der Waals surface area contributed by atoms with Crippen LogP contribution in [-0.4, -0.2) is 6.04 Å². The highest BCUT2D eigenvalue weighted by molar-refractivity contribution is 9.10. The maximum Gasteiger partial charge on any atom is 0.0487 e. The summed E-state index contributed by atoms with van der Waals surface area (Å²) in [4.78, 5) is 0. The Bertz CT molecular complexity index is 624. The van der Waals surface area contributed by atoms with Gasteiger partial charge in [0, 0.05) is 26.2 Å². The predicted octanol–water partition coefficient (Wildman–Crippen LogP) is 6.11. The highest BCUT2D eigenvalue weighted by atomic mass is 79.9. The topological polar surface area (TPSA) is 12.0 Å². The minimum atomic E-state index is 0.511. The summed E-state index contributed by atoms with van der Waals surface area (Å²) in [7, 11) is 0. The third kappa shape index (κ3) is 3.13. The molecule has 0 heterocycles. The molecule has 1 saturated carbocycles. The molecule has 0 aromatic heterocycles. The number of halogens is 3. The van der Waals surface area contributed by atoms with Crippen LogP contribution in [0.25, 0.3) is 0 Å². The van der Waals surface area contributed by atoms with E-state index in [1.807, 2.05) is 30.3 Å². The van der Waals surface area contributed by atoms with Gasteiger partial charge >= 0.3 is 0 Å². The van der Waals surface area contributed by atoms with Crippen LogP contribution in [0.4, 0.5) is 5.69 Å². The first-order valence-electron chi connectivity index (χ1n) is 6.59. The fourth-order valence-electron chi connectivity index (χ4n) is 2.59. The third-order valence-electron chi connectivity index (χ3n) is 3.75. The van der Waals surface area contributed by atoms with E-state index in [1.165, 1.54) is 5.56 Å². The molecule has 20 heavy (non-hydrogen) atoms. The Morgan fingerprint density at radius 2 is 1.75 bits per heavy atom. The standard InChI is InChI=1S/C16H14BrCl2N/c17-15-9-13(19)4-5-16(15)20-14-7-11(8-14)10-2-1-3-12(18)6-10/h1-6,9,11,14,20H,7-8H2. The van der Waals surface area contributed by atoms with Gasteiger partial charge in [0.05, 0.1) is 0 Å². The van der Waals surface area contributed by atoms with E-state index in [4.69, 9.17) is 23.2 Å². The van der Waals surface area contributed by atoms with Gasteiger partial charge < -0.3 is 5.32 Å². The minimum Gasteiger partial charge on any atom is -0.381 e. The van der Waals surface area contributed by atoms with E-state index < -0.39 is 0 Å². The van der Waals surface area contributed by atoms with E-state index in [0.717, 1.165) is 33.0 Å². The third-order valence-corrected chi connectivity index (χ3v) is 4.88. The van der Waals surface area contributed by atoms with E-state index in [9.17, 15) is 0 Å². The Morgan fingerprint density at radius 1 is 1.00 bits per heavy atom. The predicted molar refractivity (Wildman–Crippen MR) is 90.0 cm³/mol. The SMILES string of the molecule is Clc1cccc(C2CC(Nc3ccc(Cl)cc3Br)C2)c1. The largest absolute Gasteiger partial charge is 0.381 e. The van der Waals surface area contributed by atoms with Crippen LogP contribution in [0.5, 0.6) is 0 Å². The van der Waals surface area contributed by atoms with Gasteiger partial charge in [-0.15, -0.1) is 0 Å². The summed E-state index contributed by atoms with van der Waals surface area (Å²) in [5.74, 6) is 0.609. The van der Waals surface area contributed by atoms with Crippen LogP contribution in [0, 0.1) is 0 Å². The highest BCUT2D eigenvalue weighted by Gasteiger charge is 2.30. The zero-order valence-electron chi connectivity index (χ0n) is 10.7. The van der Waals surface area contributed by atoms with Gasteiger partial charge in [0.25, 0.3) is 0 Å². The molecule has 1 fully saturated rings. The fourth-order valence-corrected chi connectivity index (χ4v) is 3.59. The van der Waals surface area contributed by atoms with Gasteiger partial charge in [0.1, 0.15) is 0 Å². The Balaban J connectivity index is 1.61. The maximum absolute atomic E-state index is 6.04. The minimum absolute atomic E-state index is 0.511. The molecule has 0 unspecified atom stereocenters. The van der Waals surface area contributed by atoms with Gasteiger partial charge in [-0.1, -0.05) is 35.3 Å². The van der Waals surface area contributed by atoms with Crippen molar-refractivity contribution in [2.75, 3.05) is 5.32 Å². The van der Waals surface area contributed by atoms with E-state index >= 15 is 0 Å². The number of hydrogen-bond donors (Lipinski definition) is 1. The summed E-state index contributed by atoms with van der Waals surface area (Å²) in [5.41, 5.74) is 2.44. The average molecular weight is 371 g/mol. The molecule has 0 bridgehead atoms. The number of anilines is 1. The Morgan fingerprint density at radius 3 is 2.45 bits per heavy atom. The van der Waals surface area contributed by atoms with Crippen LogP contribution in [0.15, 0.2) is 46.9 Å². The summed E-state index contributed by atoms with van der Waals surface area (Å²) < 4.78 is 1.01. The summed E-state index contributed by atoms with van der Waals surface area (Å²) in [6.07, 6.45) is 2.27. The normalized spacial score (nSPS) is 21.4. The second kappa shape index (κ2) is 5.97. The molecular weight excluding hydrogens is 357 g/mol. The number of benzene rings is 2. The lowest BCUT2D eigenvalue weighted by atomic mass is 9.76. The average Bonchev–Trinajstić information content (AvgIpc) is 2.35. The molecule has 4 heteroatoms. The van der Waals surface area contributed by atoms with Crippen molar-refractivity contribution in [1.82, 2.24) is 0 Å². The van der Waals surface area contributed by atoms with Crippen LogP contribution in [0.1, 0.15) is 24.3 Å². The van der Waals surface area contributed by atoms with E-state index in [1.54, 1.807) is 0 Å². The Labute approximate surface area is 137 Å². The van der Waals surface area contributed by atoms with Crippen LogP contribution >= 0.6 is 39.1 Å². The summed E-state index contributed by atoms with van der Waals surface area (Å²) in [6, 6.07) is 14.5. The van der Waals surface area contributed by atoms with Crippen molar-refractivity contribution >= 4 is 44.8 Å². The van der Waals surface area contributed by atoms with Gasteiger partial charge in [0.15, 0.2) is 0 Å². The molecule has 0 radical (unpaired) electrons. The Hall–Kier alpha value is -0.700. The van der Waals surface area contributed by atoms with E-state index in [-0.39, 0.29) is 0 Å². The smallest absolute Gasteiger partial charge is 0.0487 e.